The molecule has 0 aliphatic carbocycles. The Morgan fingerprint density at radius 3 is 2.75 bits per heavy atom. The monoisotopic (exact) mass is 168 g/mol. The van der Waals surface area contributed by atoms with Crippen LogP contribution in [-0.2, 0) is 9.59 Å². The number of nitrogens with one attached hydrogen (secondary N) is 2. The van der Waals surface area contributed by atoms with Gasteiger partial charge in [-0.2, -0.15) is 0 Å². The average molecular weight is 168 g/mol. The Balaban J connectivity index is 2.43. The van der Waals surface area contributed by atoms with Crippen molar-refractivity contribution in [2.45, 2.75) is 20.3 Å². The summed E-state index contributed by atoms with van der Waals surface area (Å²) in [6.45, 7) is 3.60. The molecule has 2 N–H and O–H groups in total. The van der Waals surface area contributed by atoms with Crippen LogP contribution in [-0.4, -0.2) is 11.8 Å². The topological polar surface area (TPSA) is 58.2 Å². The van der Waals surface area contributed by atoms with Crippen molar-refractivity contribution in [3.8, 4) is 0 Å². The third kappa shape index (κ3) is 2.08. The van der Waals surface area contributed by atoms with Gasteiger partial charge in [0.2, 0.25) is 11.8 Å². The molecule has 4 nitrogen and oxygen atoms in total. The molecule has 0 unspecified atom stereocenters. The second kappa shape index (κ2) is 3.38. The number of hydrogen-bond donors (Lipinski definition) is 2. The Labute approximate surface area is 71.0 Å². The molecular weight excluding hydrogens is 156 g/mol. The van der Waals surface area contributed by atoms with E-state index in [1.54, 1.807) is 19.9 Å². The highest BCUT2D eigenvalue weighted by atomic mass is 16.2. The van der Waals surface area contributed by atoms with E-state index in [1.807, 2.05) is 0 Å². The van der Waals surface area contributed by atoms with Gasteiger partial charge in [0.15, 0.2) is 0 Å². The maximum absolute atomic E-state index is 11.1. The van der Waals surface area contributed by atoms with Crippen LogP contribution in [0.1, 0.15) is 20.3 Å². The van der Waals surface area contributed by atoms with Crippen molar-refractivity contribution in [1.29, 1.82) is 0 Å². The lowest BCUT2D eigenvalue weighted by Crippen LogP contribution is -2.33. The highest BCUT2D eigenvalue weighted by Crippen LogP contribution is 2.00. The maximum atomic E-state index is 11.1. The largest absolute Gasteiger partial charge is 0.312 e. The molecule has 0 fully saturated rings. The first-order chi connectivity index (χ1) is 5.59. The zero-order valence-corrected chi connectivity index (χ0v) is 7.18. The third-order valence-corrected chi connectivity index (χ3v) is 1.55. The lowest BCUT2D eigenvalue weighted by Gasteiger charge is -2.07. The highest BCUT2D eigenvalue weighted by molar-refractivity contribution is 5.86. The van der Waals surface area contributed by atoms with Gasteiger partial charge in [0.1, 0.15) is 5.82 Å². The predicted octanol–water partition coefficient (Wildman–Crippen LogP) is 0.120. The molecule has 2 amide bonds. The molecule has 12 heavy (non-hydrogen) atoms. The molecule has 0 aromatic rings. The van der Waals surface area contributed by atoms with Gasteiger partial charge in [-0.15, -0.1) is 0 Å². The van der Waals surface area contributed by atoms with Gasteiger partial charge in [0, 0.05) is 12.3 Å². The molecule has 0 radical (unpaired) electrons. The van der Waals surface area contributed by atoms with Gasteiger partial charge in [-0.05, 0) is 6.08 Å². The van der Waals surface area contributed by atoms with Crippen molar-refractivity contribution in [3.05, 3.63) is 11.9 Å². The quantitative estimate of drug-likeness (QED) is 0.615. The minimum Gasteiger partial charge on any atom is -0.312 e. The van der Waals surface area contributed by atoms with Crippen LogP contribution >= 0.6 is 0 Å². The van der Waals surface area contributed by atoms with E-state index < -0.39 is 0 Å². The van der Waals surface area contributed by atoms with E-state index in [0.29, 0.717) is 12.2 Å². The fraction of sp³-hybridized carbons (Fsp3) is 0.500. The SMILES string of the molecule is CC(C)C(=O)NC1=CCC(=O)N1. The van der Waals surface area contributed by atoms with Crippen molar-refractivity contribution >= 4 is 11.8 Å². The summed E-state index contributed by atoms with van der Waals surface area (Å²) < 4.78 is 0. The van der Waals surface area contributed by atoms with E-state index in [2.05, 4.69) is 10.6 Å². The summed E-state index contributed by atoms with van der Waals surface area (Å²) in [5.74, 6) is 0.291. The van der Waals surface area contributed by atoms with Crippen LogP contribution in [0.25, 0.3) is 0 Å². The molecular formula is C8H12N2O2. The molecule has 4 heteroatoms. The maximum Gasteiger partial charge on any atom is 0.229 e. The van der Waals surface area contributed by atoms with E-state index in [9.17, 15) is 9.59 Å². The minimum absolute atomic E-state index is 0.0663. The summed E-state index contributed by atoms with van der Waals surface area (Å²) in [7, 11) is 0. The summed E-state index contributed by atoms with van der Waals surface area (Å²) in [5.41, 5.74) is 0. The number of carbonyl (C=O) groups excluding carboxylic acids is 2. The highest BCUT2D eigenvalue weighted by Gasteiger charge is 2.14. The number of amides is 2. The summed E-state index contributed by atoms with van der Waals surface area (Å²) >= 11 is 0. The molecule has 1 aliphatic rings. The molecule has 0 saturated heterocycles. The first-order valence-electron chi connectivity index (χ1n) is 3.90. The first-order valence-corrected chi connectivity index (χ1v) is 3.90. The smallest absolute Gasteiger partial charge is 0.229 e. The van der Waals surface area contributed by atoms with Crippen LogP contribution in [0.5, 0.6) is 0 Å². The van der Waals surface area contributed by atoms with Crippen molar-refractivity contribution < 1.29 is 9.59 Å². The van der Waals surface area contributed by atoms with Gasteiger partial charge >= 0.3 is 0 Å². The molecule has 0 atom stereocenters. The fourth-order valence-electron chi connectivity index (χ4n) is 0.806. The van der Waals surface area contributed by atoms with E-state index in [1.165, 1.54) is 0 Å². The Hall–Kier alpha value is -1.32. The summed E-state index contributed by atoms with van der Waals surface area (Å²) in [6, 6.07) is 0. The van der Waals surface area contributed by atoms with Gasteiger partial charge in [-0.25, -0.2) is 0 Å². The second-order valence-electron chi connectivity index (χ2n) is 3.01. The minimum atomic E-state index is -0.0801. The molecule has 1 rings (SSSR count). The zero-order valence-electron chi connectivity index (χ0n) is 7.18. The standard InChI is InChI=1S/C8H12N2O2/c1-5(2)8(12)10-6-3-4-7(11)9-6/h3,5H,4H2,1-2H3,(H,9,11)(H,10,12). The van der Waals surface area contributed by atoms with Gasteiger partial charge in [-0.1, -0.05) is 13.8 Å². The van der Waals surface area contributed by atoms with Crippen LogP contribution in [0.15, 0.2) is 11.9 Å². The van der Waals surface area contributed by atoms with Gasteiger partial charge in [0.05, 0.1) is 0 Å². The third-order valence-electron chi connectivity index (χ3n) is 1.55. The molecule has 0 saturated carbocycles. The number of carbonyl (C=O) groups is 2. The van der Waals surface area contributed by atoms with Gasteiger partial charge < -0.3 is 10.6 Å². The Kier molecular flexibility index (Phi) is 2.47. The van der Waals surface area contributed by atoms with Crippen LogP contribution < -0.4 is 10.6 Å². The molecule has 0 aromatic heterocycles. The van der Waals surface area contributed by atoms with E-state index in [4.69, 9.17) is 0 Å². The van der Waals surface area contributed by atoms with Crippen LogP contribution in [0.3, 0.4) is 0 Å². The number of hydrogen-bond acceptors (Lipinski definition) is 2. The van der Waals surface area contributed by atoms with E-state index >= 15 is 0 Å². The van der Waals surface area contributed by atoms with Crippen molar-refractivity contribution in [1.82, 2.24) is 10.6 Å². The van der Waals surface area contributed by atoms with Crippen molar-refractivity contribution in [3.63, 3.8) is 0 Å². The van der Waals surface area contributed by atoms with Gasteiger partial charge in [-0.3, -0.25) is 9.59 Å². The Bertz CT molecular complexity index is 243. The lowest BCUT2D eigenvalue weighted by molar-refractivity contribution is -0.123. The fourth-order valence-corrected chi connectivity index (χ4v) is 0.806. The predicted molar refractivity (Wildman–Crippen MR) is 43.8 cm³/mol. The molecule has 0 bridgehead atoms. The van der Waals surface area contributed by atoms with Crippen LogP contribution in [0.2, 0.25) is 0 Å². The lowest BCUT2D eigenvalue weighted by atomic mass is 10.2. The summed E-state index contributed by atoms with van der Waals surface area (Å²) in [6.07, 6.45) is 2.02. The molecule has 0 spiro atoms. The normalized spacial score (nSPS) is 15.9. The van der Waals surface area contributed by atoms with Crippen molar-refractivity contribution in [2.75, 3.05) is 0 Å². The van der Waals surface area contributed by atoms with E-state index in [0.717, 1.165) is 0 Å². The van der Waals surface area contributed by atoms with Crippen LogP contribution in [0, 0.1) is 5.92 Å². The van der Waals surface area contributed by atoms with E-state index in [-0.39, 0.29) is 17.7 Å². The zero-order chi connectivity index (χ0) is 9.14. The van der Waals surface area contributed by atoms with Crippen LogP contribution in [0.4, 0.5) is 0 Å². The molecule has 1 aliphatic heterocycles. The first kappa shape index (κ1) is 8.77. The summed E-state index contributed by atoms with van der Waals surface area (Å²) in [4.78, 5) is 21.8. The second-order valence-corrected chi connectivity index (χ2v) is 3.01. The van der Waals surface area contributed by atoms with Gasteiger partial charge in [0.25, 0.3) is 0 Å². The Morgan fingerprint density at radius 2 is 2.33 bits per heavy atom. The molecule has 0 aromatic carbocycles. The summed E-state index contributed by atoms with van der Waals surface area (Å²) in [5, 5.41) is 5.13. The number of rotatable bonds is 2. The molecule has 66 valence electrons. The Morgan fingerprint density at radius 1 is 1.67 bits per heavy atom. The molecule has 1 heterocycles. The average Bonchev–Trinajstić information content (AvgIpc) is 2.35. The van der Waals surface area contributed by atoms with Crippen molar-refractivity contribution in [2.24, 2.45) is 5.92 Å².